The molecule has 84 valence electrons. The lowest BCUT2D eigenvalue weighted by Crippen LogP contribution is -2.12. The maximum Gasteiger partial charge on any atom is 0.0960 e. The molecule has 1 aromatic rings. The van der Waals surface area contributed by atoms with E-state index in [9.17, 15) is 4.39 Å². The lowest BCUT2D eigenvalue weighted by molar-refractivity contribution is 0.446. The van der Waals surface area contributed by atoms with E-state index in [0.29, 0.717) is 5.02 Å². The van der Waals surface area contributed by atoms with Gasteiger partial charge in [0.2, 0.25) is 0 Å². The van der Waals surface area contributed by atoms with E-state index in [1.807, 2.05) is 19.1 Å². The van der Waals surface area contributed by atoms with Crippen LogP contribution in [0, 0.1) is 0 Å². The van der Waals surface area contributed by atoms with Gasteiger partial charge in [-0.25, -0.2) is 0 Å². The highest BCUT2D eigenvalue weighted by Gasteiger charge is 2.16. The van der Waals surface area contributed by atoms with Crippen LogP contribution in [0.2, 0.25) is 5.02 Å². The molecule has 15 heavy (non-hydrogen) atoms. The molecule has 0 amide bonds. The number of halogens is 2. The summed E-state index contributed by atoms with van der Waals surface area (Å²) < 4.78 is 12.6. The molecule has 1 atom stereocenters. The van der Waals surface area contributed by atoms with E-state index in [2.05, 4.69) is 26.8 Å². The Hall–Kier alpha value is -0.560. The topological polar surface area (TPSA) is 0 Å². The van der Waals surface area contributed by atoms with Crippen molar-refractivity contribution in [1.82, 2.24) is 0 Å². The second kappa shape index (κ2) is 4.52. The molecule has 0 aromatic heterocycles. The number of benzene rings is 1. The Morgan fingerprint density at radius 3 is 2.33 bits per heavy atom. The first-order valence-electron chi connectivity index (χ1n) is 5.21. The lowest BCUT2D eigenvalue weighted by Gasteiger charge is -2.21. The first-order chi connectivity index (χ1) is 6.84. The normalized spacial score (nSPS) is 14.0. The second-order valence-corrected chi connectivity index (χ2v) is 5.52. The standard InChI is InChI=1S/C13H18ClF/c1-9(8-15)10-5-11(13(2,3)4)7-12(14)6-10/h5-7,9H,8H2,1-4H3. The molecule has 0 spiro atoms. The first-order valence-corrected chi connectivity index (χ1v) is 5.59. The zero-order valence-electron chi connectivity index (χ0n) is 9.77. The van der Waals surface area contributed by atoms with E-state index in [0.717, 1.165) is 11.1 Å². The smallest absolute Gasteiger partial charge is 0.0960 e. The van der Waals surface area contributed by atoms with Crippen molar-refractivity contribution in [3.63, 3.8) is 0 Å². The van der Waals surface area contributed by atoms with E-state index in [1.54, 1.807) is 0 Å². The molecule has 0 bridgehead atoms. The van der Waals surface area contributed by atoms with Crippen LogP contribution < -0.4 is 0 Å². The van der Waals surface area contributed by atoms with Gasteiger partial charge in [-0.05, 0) is 28.7 Å². The van der Waals surface area contributed by atoms with Crippen molar-refractivity contribution in [1.29, 1.82) is 0 Å². The van der Waals surface area contributed by atoms with E-state index < -0.39 is 0 Å². The molecule has 2 heteroatoms. The minimum Gasteiger partial charge on any atom is -0.250 e. The highest BCUT2D eigenvalue weighted by Crippen LogP contribution is 2.29. The van der Waals surface area contributed by atoms with Gasteiger partial charge in [-0.15, -0.1) is 0 Å². The van der Waals surface area contributed by atoms with Gasteiger partial charge in [-0.1, -0.05) is 45.4 Å². The van der Waals surface area contributed by atoms with Crippen LogP contribution in [0.3, 0.4) is 0 Å². The van der Waals surface area contributed by atoms with Crippen LogP contribution in [-0.4, -0.2) is 6.67 Å². The fourth-order valence-electron chi connectivity index (χ4n) is 1.42. The summed E-state index contributed by atoms with van der Waals surface area (Å²) in [5, 5.41) is 0.692. The molecule has 0 fully saturated rings. The lowest BCUT2D eigenvalue weighted by atomic mass is 9.85. The third-order valence-electron chi connectivity index (χ3n) is 2.59. The number of rotatable bonds is 2. The molecule has 0 saturated carbocycles. The van der Waals surface area contributed by atoms with Crippen LogP contribution >= 0.6 is 11.6 Å². The minimum absolute atomic E-state index is 0.0513. The fraction of sp³-hybridized carbons (Fsp3) is 0.538. The first kappa shape index (κ1) is 12.5. The molecule has 0 nitrogen and oxygen atoms in total. The summed E-state index contributed by atoms with van der Waals surface area (Å²) in [7, 11) is 0. The molecule has 0 aliphatic heterocycles. The van der Waals surface area contributed by atoms with Gasteiger partial charge in [-0.3, -0.25) is 4.39 Å². The zero-order chi connectivity index (χ0) is 11.6. The maximum atomic E-state index is 12.6. The van der Waals surface area contributed by atoms with Crippen molar-refractivity contribution in [2.45, 2.75) is 39.0 Å². The quantitative estimate of drug-likeness (QED) is 0.688. The Morgan fingerprint density at radius 1 is 1.27 bits per heavy atom. The molecule has 0 aliphatic carbocycles. The molecular formula is C13H18ClF. The van der Waals surface area contributed by atoms with Crippen LogP contribution in [0.15, 0.2) is 18.2 Å². The van der Waals surface area contributed by atoms with Crippen LogP contribution in [0.4, 0.5) is 4.39 Å². The van der Waals surface area contributed by atoms with Crippen molar-refractivity contribution in [2.75, 3.05) is 6.67 Å². The van der Waals surface area contributed by atoms with Crippen molar-refractivity contribution in [3.05, 3.63) is 34.3 Å². The highest BCUT2D eigenvalue weighted by atomic mass is 35.5. The molecule has 1 aromatic carbocycles. The molecule has 0 heterocycles. The molecule has 0 aliphatic rings. The van der Waals surface area contributed by atoms with Crippen LogP contribution in [-0.2, 0) is 5.41 Å². The average Bonchev–Trinajstić information content (AvgIpc) is 2.14. The molecule has 0 N–H and O–H groups in total. The second-order valence-electron chi connectivity index (χ2n) is 5.08. The van der Waals surface area contributed by atoms with Gasteiger partial charge >= 0.3 is 0 Å². The summed E-state index contributed by atoms with van der Waals surface area (Å²) >= 11 is 6.03. The largest absolute Gasteiger partial charge is 0.250 e. The summed E-state index contributed by atoms with van der Waals surface area (Å²) in [6, 6.07) is 5.85. The summed E-state index contributed by atoms with van der Waals surface area (Å²) in [4.78, 5) is 0. The van der Waals surface area contributed by atoms with Crippen LogP contribution in [0.1, 0.15) is 44.7 Å². The minimum atomic E-state index is -0.343. The fourth-order valence-corrected chi connectivity index (χ4v) is 1.66. The van der Waals surface area contributed by atoms with Gasteiger partial charge in [0.05, 0.1) is 6.67 Å². The molecule has 1 unspecified atom stereocenters. The molecule has 0 radical (unpaired) electrons. The summed E-state index contributed by atoms with van der Waals surface area (Å²) in [6.45, 7) is 7.91. The number of hydrogen-bond acceptors (Lipinski definition) is 0. The monoisotopic (exact) mass is 228 g/mol. The summed E-state index contributed by atoms with van der Waals surface area (Å²) in [6.07, 6.45) is 0. The molecule has 0 saturated heterocycles. The van der Waals surface area contributed by atoms with Gasteiger partial charge in [0.1, 0.15) is 0 Å². The maximum absolute atomic E-state index is 12.6. The Kier molecular flexibility index (Phi) is 3.77. The Balaban J connectivity index is 3.17. The van der Waals surface area contributed by atoms with Crippen molar-refractivity contribution < 1.29 is 4.39 Å². The van der Waals surface area contributed by atoms with E-state index in [1.165, 1.54) is 0 Å². The van der Waals surface area contributed by atoms with Crippen LogP contribution in [0.25, 0.3) is 0 Å². The highest BCUT2D eigenvalue weighted by molar-refractivity contribution is 6.30. The summed E-state index contributed by atoms with van der Waals surface area (Å²) in [5.74, 6) is -0.0789. The SMILES string of the molecule is CC(CF)c1cc(Cl)cc(C(C)(C)C)c1. The Labute approximate surface area is 96.5 Å². The third-order valence-corrected chi connectivity index (χ3v) is 2.80. The van der Waals surface area contributed by atoms with Gasteiger partial charge in [0.25, 0.3) is 0 Å². The number of alkyl halides is 1. The van der Waals surface area contributed by atoms with Crippen LogP contribution in [0.5, 0.6) is 0 Å². The summed E-state index contributed by atoms with van der Waals surface area (Å²) in [5.41, 5.74) is 2.19. The van der Waals surface area contributed by atoms with Crippen molar-refractivity contribution in [3.8, 4) is 0 Å². The van der Waals surface area contributed by atoms with E-state index >= 15 is 0 Å². The molecule has 1 rings (SSSR count). The third kappa shape index (κ3) is 3.20. The van der Waals surface area contributed by atoms with Gasteiger partial charge < -0.3 is 0 Å². The Morgan fingerprint density at radius 2 is 1.87 bits per heavy atom. The van der Waals surface area contributed by atoms with E-state index in [4.69, 9.17) is 11.6 Å². The predicted octanol–water partition coefficient (Wildman–Crippen LogP) is 4.71. The molecular weight excluding hydrogens is 211 g/mol. The zero-order valence-corrected chi connectivity index (χ0v) is 10.5. The van der Waals surface area contributed by atoms with Crippen molar-refractivity contribution >= 4 is 11.6 Å². The van der Waals surface area contributed by atoms with Crippen molar-refractivity contribution in [2.24, 2.45) is 0 Å². The van der Waals surface area contributed by atoms with Gasteiger partial charge in [0.15, 0.2) is 0 Å². The number of hydrogen-bond donors (Lipinski definition) is 0. The Bertz CT molecular complexity index is 339. The van der Waals surface area contributed by atoms with Gasteiger partial charge in [-0.2, -0.15) is 0 Å². The van der Waals surface area contributed by atoms with Gasteiger partial charge in [0, 0.05) is 10.9 Å². The average molecular weight is 229 g/mol. The van der Waals surface area contributed by atoms with E-state index in [-0.39, 0.29) is 18.0 Å². The predicted molar refractivity (Wildman–Crippen MR) is 64.5 cm³/mol.